The topological polar surface area (TPSA) is 66.6 Å². The molecule has 0 spiro atoms. The van der Waals surface area contributed by atoms with Gasteiger partial charge in [-0.25, -0.2) is 0 Å². The zero-order valence-electron chi connectivity index (χ0n) is 10.6. The summed E-state index contributed by atoms with van der Waals surface area (Å²) >= 11 is 0. The third-order valence-electron chi connectivity index (χ3n) is 3.19. The smallest absolute Gasteiger partial charge is 0.239 e. The van der Waals surface area contributed by atoms with Gasteiger partial charge >= 0.3 is 0 Å². The fourth-order valence-corrected chi connectivity index (χ4v) is 2.05. The highest BCUT2D eigenvalue weighted by molar-refractivity contribution is 5.81. The number of carbonyl (C=O) groups excluding carboxylic acids is 1. The molecule has 1 atom stereocenters. The minimum absolute atomic E-state index is 0.0317. The lowest BCUT2D eigenvalue weighted by Crippen LogP contribution is -2.50. The fraction of sp³-hybridized carbons (Fsp3) is 0.917. The maximum absolute atomic E-state index is 12.0. The van der Waals surface area contributed by atoms with E-state index < -0.39 is 5.60 Å². The Balaban J connectivity index is 2.44. The Morgan fingerprint density at radius 3 is 2.38 bits per heavy atom. The lowest BCUT2D eigenvalue weighted by atomic mass is 9.93. The lowest BCUT2D eigenvalue weighted by Gasteiger charge is -2.37. The van der Waals surface area contributed by atoms with E-state index in [1.807, 2.05) is 6.92 Å². The lowest BCUT2D eigenvalue weighted by molar-refractivity contribution is -0.136. The predicted octanol–water partition coefficient (Wildman–Crippen LogP) is 0.733. The van der Waals surface area contributed by atoms with Crippen molar-refractivity contribution in [3.05, 3.63) is 0 Å². The van der Waals surface area contributed by atoms with E-state index in [4.69, 9.17) is 5.73 Å². The van der Waals surface area contributed by atoms with Crippen molar-refractivity contribution in [1.82, 2.24) is 4.90 Å². The summed E-state index contributed by atoms with van der Waals surface area (Å²) in [4.78, 5) is 13.7. The second-order valence-corrected chi connectivity index (χ2v) is 5.56. The van der Waals surface area contributed by atoms with Crippen LogP contribution in [0.25, 0.3) is 0 Å². The molecule has 0 aromatic heterocycles. The molecule has 3 N–H and O–H groups in total. The van der Waals surface area contributed by atoms with Crippen molar-refractivity contribution >= 4 is 5.91 Å². The first kappa shape index (κ1) is 13.5. The van der Waals surface area contributed by atoms with Gasteiger partial charge in [0.25, 0.3) is 0 Å². The SMILES string of the molecule is CC(C)C[C@@H](N)C(=O)N1CCC(C)(O)CC1. The average Bonchev–Trinajstić information content (AvgIpc) is 2.15. The molecular weight excluding hydrogens is 204 g/mol. The summed E-state index contributed by atoms with van der Waals surface area (Å²) in [5.74, 6) is 0.469. The van der Waals surface area contributed by atoms with E-state index in [-0.39, 0.29) is 11.9 Å². The van der Waals surface area contributed by atoms with Crippen LogP contribution in [-0.2, 0) is 4.79 Å². The Morgan fingerprint density at radius 2 is 1.94 bits per heavy atom. The largest absolute Gasteiger partial charge is 0.390 e. The molecule has 94 valence electrons. The maximum atomic E-state index is 12.0. The van der Waals surface area contributed by atoms with Crippen molar-refractivity contribution in [3.8, 4) is 0 Å². The number of piperidine rings is 1. The number of nitrogens with zero attached hydrogens (tertiary/aromatic N) is 1. The molecule has 1 saturated heterocycles. The summed E-state index contributed by atoms with van der Waals surface area (Å²) in [6.45, 7) is 7.19. The number of rotatable bonds is 3. The molecule has 0 radical (unpaired) electrons. The van der Waals surface area contributed by atoms with Gasteiger partial charge in [0.05, 0.1) is 11.6 Å². The van der Waals surface area contributed by atoms with Crippen molar-refractivity contribution in [1.29, 1.82) is 0 Å². The van der Waals surface area contributed by atoms with Crippen LogP contribution in [0, 0.1) is 5.92 Å². The molecule has 1 fully saturated rings. The summed E-state index contributed by atoms with van der Waals surface area (Å²) in [5.41, 5.74) is 5.25. The Hall–Kier alpha value is -0.610. The van der Waals surface area contributed by atoms with Crippen LogP contribution < -0.4 is 5.73 Å². The van der Waals surface area contributed by atoms with E-state index >= 15 is 0 Å². The van der Waals surface area contributed by atoms with Gasteiger partial charge in [-0.3, -0.25) is 4.79 Å². The van der Waals surface area contributed by atoms with Crippen LogP contribution in [0.15, 0.2) is 0 Å². The highest BCUT2D eigenvalue weighted by Gasteiger charge is 2.31. The van der Waals surface area contributed by atoms with Gasteiger partial charge in [-0.15, -0.1) is 0 Å². The van der Waals surface area contributed by atoms with Gasteiger partial charge in [-0.2, -0.15) is 0 Å². The number of hydrogen-bond acceptors (Lipinski definition) is 3. The van der Waals surface area contributed by atoms with Gasteiger partial charge < -0.3 is 15.7 Å². The van der Waals surface area contributed by atoms with E-state index in [0.29, 0.717) is 31.8 Å². The van der Waals surface area contributed by atoms with Crippen LogP contribution in [0.2, 0.25) is 0 Å². The highest BCUT2D eigenvalue weighted by atomic mass is 16.3. The van der Waals surface area contributed by atoms with E-state index in [1.165, 1.54) is 0 Å². The van der Waals surface area contributed by atoms with Crippen LogP contribution in [0.5, 0.6) is 0 Å². The summed E-state index contributed by atoms with van der Waals surface area (Å²) in [7, 11) is 0. The summed E-state index contributed by atoms with van der Waals surface area (Å²) < 4.78 is 0. The molecule has 0 aliphatic carbocycles. The van der Waals surface area contributed by atoms with Crippen molar-refractivity contribution in [3.63, 3.8) is 0 Å². The maximum Gasteiger partial charge on any atom is 0.239 e. The molecular formula is C12H24N2O2. The molecule has 1 aliphatic rings. The van der Waals surface area contributed by atoms with Crippen molar-refractivity contribution in [2.45, 2.75) is 51.7 Å². The third-order valence-corrected chi connectivity index (χ3v) is 3.19. The monoisotopic (exact) mass is 228 g/mol. The Labute approximate surface area is 97.8 Å². The second kappa shape index (κ2) is 5.15. The predicted molar refractivity (Wildman–Crippen MR) is 63.9 cm³/mol. The fourth-order valence-electron chi connectivity index (χ4n) is 2.05. The Morgan fingerprint density at radius 1 is 1.44 bits per heavy atom. The van der Waals surface area contributed by atoms with Crippen LogP contribution in [-0.4, -0.2) is 40.6 Å². The zero-order valence-corrected chi connectivity index (χ0v) is 10.6. The molecule has 4 nitrogen and oxygen atoms in total. The highest BCUT2D eigenvalue weighted by Crippen LogP contribution is 2.21. The van der Waals surface area contributed by atoms with E-state index in [2.05, 4.69) is 13.8 Å². The van der Waals surface area contributed by atoms with Crippen LogP contribution in [0.1, 0.15) is 40.0 Å². The molecule has 0 bridgehead atoms. The van der Waals surface area contributed by atoms with Gasteiger partial charge in [0, 0.05) is 13.1 Å². The minimum Gasteiger partial charge on any atom is -0.390 e. The quantitative estimate of drug-likeness (QED) is 0.748. The summed E-state index contributed by atoms with van der Waals surface area (Å²) in [6.07, 6.45) is 2.02. The molecule has 1 rings (SSSR count). The molecule has 0 saturated carbocycles. The first-order valence-electron chi connectivity index (χ1n) is 6.08. The van der Waals surface area contributed by atoms with Crippen LogP contribution in [0.3, 0.4) is 0 Å². The normalized spacial score (nSPS) is 22.2. The number of likely N-dealkylation sites (tertiary alicyclic amines) is 1. The number of hydrogen-bond donors (Lipinski definition) is 2. The van der Waals surface area contributed by atoms with Crippen molar-refractivity contribution in [2.75, 3.05) is 13.1 Å². The molecule has 0 aromatic carbocycles. The third kappa shape index (κ3) is 3.76. The second-order valence-electron chi connectivity index (χ2n) is 5.56. The molecule has 4 heteroatoms. The minimum atomic E-state index is -0.612. The first-order chi connectivity index (χ1) is 7.32. The Bertz CT molecular complexity index is 241. The first-order valence-corrected chi connectivity index (χ1v) is 6.08. The van der Waals surface area contributed by atoms with Gasteiger partial charge in [0.15, 0.2) is 0 Å². The zero-order chi connectivity index (χ0) is 12.3. The molecule has 0 unspecified atom stereocenters. The molecule has 0 aromatic rings. The number of nitrogens with two attached hydrogens (primary N) is 1. The average molecular weight is 228 g/mol. The van der Waals surface area contributed by atoms with E-state index in [0.717, 1.165) is 6.42 Å². The summed E-state index contributed by atoms with van der Waals surface area (Å²) in [5, 5.41) is 9.79. The van der Waals surface area contributed by atoms with Crippen molar-refractivity contribution in [2.24, 2.45) is 11.7 Å². The number of aliphatic hydroxyl groups is 1. The van der Waals surface area contributed by atoms with E-state index in [9.17, 15) is 9.90 Å². The van der Waals surface area contributed by atoms with Gasteiger partial charge in [0.1, 0.15) is 0 Å². The van der Waals surface area contributed by atoms with E-state index in [1.54, 1.807) is 4.90 Å². The molecule has 1 heterocycles. The van der Waals surface area contributed by atoms with Gasteiger partial charge in [-0.05, 0) is 32.1 Å². The molecule has 16 heavy (non-hydrogen) atoms. The van der Waals surface area contributed by atoms with Gasteiger partial charge in [-0.1, -0.05) is 13.8 Å². The van der Waals surface area contributed by atoms with Crippen LogP contribution in [0.4, 0.5) is 0 Å². The number of carbonyl (C=O) groups is 1. The number of amides is 1. The van der Waals surface area contributed by atoms with Crippen molar-refractivity contribution < 1.29 is 9.90 Å². The van der Waals surface area contributed by atoms with Crippen LogP contribution >= 0.6 is 0 Å². The van der Waals surface area contributed by atoms with Gasteiger partial charge in [0.2, 0.25) is 5.91 Å². The Kier molecular flexibility index (Phi) is 4.33. The standard InChI is InChI=1S/C12H24N2O2/c1-9(2)8-10(13)11(15)14-6-4-12(3,16)5-7-14/h9-10,16H,4-8,13H2,1-3H3/t10-/m1/s1. The molecule has 1 amide bonds. The molecule has 1 aliphatic heterocycles. The summed E-state index contributed by atoms with van der Waals surface area (Å²) in [6, 6.07) is -0.386.